The summed E-state index contributed by atoms with van der Waals surface area (Å²) in [6, 6.07) is 3.72. The van der Waals surface area contributed by atoms with Crippen LogP contribution in [0.4, 0.5) is 4.39 Å². The zero-order valence-corrected chi connectivity index (χ0v) is 9.53. The number of alkyl halides is 1. The van der Waals surface area contributed by atoms with Crippen LogP contribution < -0.4 is 0 Å². The molecule has 0 amide bonds. The Hall–Kier alpha value is 0.0700. The van der Waals surface area contributed by atoms with Crippen LogP contribution in [0.5, 0.6) is 0 Å². The van der Waals surface area contributed by atoms with Crippen molar-refractivity contribution in [3.8, 4) is 0 Å². The molecule has 0 spiro atoms. The molecule has 1 N–H and O–H groups in total. The van der Waals surface area contributed by atoms with E-state index in [9.17, 15) is 9.50 Å². The Bertz CT molecular complexity index is 327. The highest BCUT2D eigenvalue weighted by molar-refractivity contribution is 9.11. The maximum absolute atomic E-state index is 12.9. The van der Waals surface area contributed by atoms with Gasteiger partial charge < -0.3 is 5.11 Å². The minimum absolute atomic E-state index is 0.476. The minimum atomic E-state index is -0.844. The van der Waals surface area contributed by atoms with Crippen LogP contribution in [0.3, 0.4) is 0 Å². The third-order valence-corrected chi connectivity index (χ3v) is 4.34. The Kier molecular flexibility index (Phi) is 2.25. The van der Waals surface area contributed by atoms with Gasteiger partial charge in [-0.15, -0.1) is 11.3 Å². The predicted octanol–water partition coefficient (Wildman–Crippen LogP) is 3.29. The molecule has 3 atom stereocenters. The second kappa shape index (κ2) is 3.04. The summed E-state index contributed by atoms with van der Waals surface area (Å²) in [5.41, 5.74) is -0.537. The summed E-state index contributed by atoms with van der Waals surface area (Å²) in [6.07, 6.45) is -1.02. The Morgan fingerprint density at radius 3 is 2.77 bits per heavy atom. The molecule has 13 heavy (non-hydrogen) atoms. The topological polar surface area (TPSA) is 20.2 Å². The van der Waals surface area contributed by atoms with Crippen LogP contribution in [-0.2, 0) is 0 Å². The van der Waals surface area contributed by atoms with Crippen molar-refractivity contribution in [1.82, 2.24) is 0 Å². The molecule has 3 unspecified atom stereocenters. The highest BCUT2D eigenvalue weighted by atomic mass is 79.9. The second-order valence-electron chi connectivity index (χ2n) is 3.72. The fourth-order valence-corrected chi connectivity index (χ4v) is 2.98. The van der Waals surface area contributed by atoms with Gasteiger partial charge in [-0.3, -0.25) is 0 Å². The molecule has 1 saturated carbocycles. The van der Waals surface area contributed by atoms with Crippen molar-refractivity contribution >= 4 is 27.3 Å². The zero-order valence-electron chi connectivity index (χ0n) is 7.13. The summed E-state index contributed by atoms with van der Waals surface area (Å²) < 4.78 is 13.9. The first kappa shape index (κ1) is 9.62. The van der Waals surface area contributed by atoms with E-state index in [1.165, 1.54) is 11.3 Å². The molecule has 0 saturated heterocycles. The molecule has 1 nitrogen and oxygen atoms in total. The van der Waals surface area contributed by atoms with Crippen molar-refractivity contribution < 1.29 is 9.50 Å². The van der Waals surface area contributed by atoms with Gasteiger partial charge in [-0.05, 0) is 34.5 Å². The van der Waals surface area contributed by atoms with E-state index in [-0.39, 0.29) is 0 Å². The predicted molar refractivity (Wildman–Crippen MR) is 54.6 cm³/mol. The molecule has 1 fully saturated rings. The van der Waals surface area contributed by atoms with Gasteiger partial charge in [0.2, 0.25) is 0 Å². The number of thiophene rings is 1. The lowest BCUT2D eigenvalue weighted by atomic mass is 10.0. The highest BCUT2D eigenvalue weighted by Crippen LogP contribution is 2.57. The van der Waals surface area contributed by atoms with Gasteiger partial charge in [0.1, 0.15) is 6.17 Å². The monoisotopic (exact) mass is 264 g/mol. The number of aliphatic hydroxyl groups is 1. The van der Waals surface area contributed by atoms with Gasteiger partial charge in [-0.1, -0.05) is 6.92 Å². The average molecular weight is 265 g/mol. The standard InChI is InChI=1S/C9H10BrFOS/c1-9(4-6(9)11)8(12)5-2-3-7(10)13-5/h2-3,6,8,12H,4H2,1H3. The Morgan fingerprint density at radius 2 is 2.38 bits per heavy atom. The quantitative estimate of drug-likeness (QED) is 0.869. The van der Waals surface area contributed by atoms with Crippen LogP contribution in [0, 0.1) is 5.41 Å². The third-order valence-electron chi connectivity index (χ3n) is 2.66. The fourth-order valence-electron chi connectivity index (χ4n) is 1.41. The molecular weight excluding hydrogens is 255 g/mol. The largest absolute Gasteiger partial charge is 0.387 e. The van der Waals surface area contributed by atoms with Gasteiger partial charge >= 0.3 is 0 Å². The first-order valence-corrected chi connectivity index (χ1v) is 5.72. The molecule has 1 aromatic heterocycles. The van der Waals surface area contributed by atoms with Gasteiger partial charge in [0, 0.05) is 10.3 Å². The maximum Gasteiger partial charge on any atom is 0.109 e. The van der Waals surface area contributed by atoms with Crippen LogP contribution in [0.2, 0.25) is 0 Å². The molecule has 0 aromatic carbocycles. The van der Waals surface area contributed by atoms with Crippen LogP contribution in [0.15, 0.2) is 15.9 Å². The number of halogens is 2. The van der Waals surface area contributed by atoms with E-state index in [1.807, 2.05) is 12.1 Å². The Labute approximate surface area is 88.7 Å². The molecule has 1 aliphatic carbocycles. The summed E-state index contributed by atoms with van der Waals surface area (Å²) >= 11 is 4.78. The molecule has 2 rings (SSSR count). The molecule has 1 aliphatic rings. The molecule has 0 radical (unpaired) electrons. The van der Waals surface area contributed by atoms with Gasteiger partial charge in [0.15, 0.2) is 0 Å². The van der Waals surface area contributed by atoms with Crippen molar-refractivity contribution in [2.24, 2.45) is 5.41 Å². The van der Waals surface area contributed by atoms with Crippen molar-refractivity contribution in [1.29, 1.82) is 0 Å². The lowest BCUT2D eigenvalue weighted by molar-refractivity contribution is 0.0906. The van der Waals surface area contributed by atoms with E-state index in [4.69, 9.17) is 0 Å². The van der Waals surface area contributed by atoms with E-state index in [1.54, 1.807) is 6.92 Å². The van der Waals surface area contributed by atoms with E-state index >= 15 is 0 Å². The normalized spacial score (nSPS) is 34.6. The van der Waals surface area contributed by atoms with E-state index in [0.29, 0.717) is 6.42 Å². The second-order valence-corrected chi connectivity index (χ2v) is 6.22. The molecule has 0 bridgehead atoms. The Morgan fingerprint density at radius 1 is 1.77 bits per heavy atom. The minimum Gasteiger partial charge on any atom is -0.387 e. The molecule has 0 aliphatic heterocycles. The van der Waals surface area contributed by atoms with Crippen molar-refractivity contribution in [2.75, 3.05) is 0 Å². The van der Waals surface area contributed by atoms with E-state index < -0.39 is 17.7 Å². The fraction of sp³-hybridized carbons (Fsp3) is 0.556. The molecular formula is C9H10BrFOS. The van der Waals surface area contributed by atoms with Crippen LogP contribution >= 0.6 is 27.3 Å². The number of hydrogen-bond donors (Lipinski definition) is 1. The van der Waals surface area contributed by atoms with E-state index in [2.05, 4.69) is 15.9 Å². The number of aliphatic hydroxyl groups excluding tert-OH is 1. The summed E-state index contributed by atoms with van der Waals surface area (Å²) in [4.78, 5) is 0.842. The van der Waals surface area contributed by atoms with Crippen LogP contribution in [-0.4, -0.2) is 11.3 Å². The van der Waals surface area contributed by atoms with Gasteiger partial charge in [0.05, 0.1) is 9.89 Å². The highest BCUT2D eigenvalue weighted by Gasteiger charge is 2.56. The number of hydrogen-bond acceptors (Lipinski definition) is 2. The SMILES string of the molecule is CC1(C(O)c2ccc(Br)s2)CC1F. The van der Waals surface area contributed by atoms with E-state index in [0.717, 1.165) is 8.66 Å². The summed E-state index contributed by atoms with van der Waals surface area (Å²) in [5, 5.41) is 9.85. The maximum atomic E-state index is 12.9. The Balaban J connectivity index is 2.18. The van der Waals surface area contributed by atoms with Crippen molar-refractivity contribution in [3.05, 3.63) is 20.8 Å². The van der Waals surface area contributed by atoms with Crippen LogP contribution in [0.1, 0.15) is 24.3 Å². The first-order chi connectivity index (χ1) is 6.04. The molecule has 1 heterocycles. The first-order valence-electron chi connectivity index (χ1n) is 4.11. The summed E-state index contributed by atoms with van der Waals surface area (Å²) in [6.45, 7) is 1.79. The van der Waals surface area contributed by atoms with Crippen molar-refractivity contribution in [3.63, 3.8) is 0 Å². The van der Waals surface area contributed by atoms with Crippen molar-refractivity contribution in [2.45, 2.75) is 25.6 Å². The summed E-state index contributed by atoms with van der Waals surface area (Å²) in [7, 11) is 0. The van der Waals surface area contributed by atoms with Gasteiger partial charge in [-0.25, -0.2) is 4.39 Å². The molecule has 1 aromatic rings. The smallest absolute Gasteiger partial charge is 0.109 e. The van der Waals surface area contributed by atoms with Gasteiger partial charge in [-0.2, -0.15) is 0 Å². The average Bonchev–Trinajstić information content (AvgIpc) is 2.51. The molecule has 72 valence electrons. The van der Waals surface area contributed by atoms with Crippen LogP contribution in [0.25, 0.3) is 0 Å². The molecule has 4 heteroatoms. The lowest BCUT2D eigenvalue weighted by Gasteiger charge is -2.15. The third kappa shape index (κ3) is 1.55. The van der Waals surface area contributed by atoms with Gasteiger partial charge in [0.25, 0.3) is 0 Å². The summed E-state index contributed by atoms with van der Waals surface area (Å²) in [5.74, 6) is 0. The number of rotatable bonds is 2. The lowest BCUT2D eigenvalue weighted by Crippen LogP contribution is -2.11. The zero-order chi connectivity index (χ0) is 9.64.